The van der Waals surface area contributed by atoms with Gasteiger partial charge in [0.15, 0.2) is 0 Å². The molecule has 0 spiro atoms. The molecule has 142 valence electrons. The van der Waals surface area contributed by atoms with Crippen LogP contribution in [0.4, 0.5) is 5.69 Å². The number of anilines is 1. The molecule has 0 atom stereocenters. The van der Waals surface area contributed by atoms with Crippen molar-refractivity contribution >= 4 is 28.8 Å². The quantitative estimate of drug-likeness (QED) is 0.675. The number of benzene rings is 1. The van der Waals surface area contributed by atoms with Gasteiger partial charge in [-0.2, -0.15) is 0 Å². The number of methoxy groups -OCH3 is 2. The van der Waals surface area contributed by atoms with Gasteiger partial charge in [-0.15, -0.1) is 0 Å². The Hall–Kier alpha value is -2.73. The standard InChI is InChI=1S/C20H22ClN3O3/c1-5-7-14-18(24-9-6-8-12(2)19(24)22-14)20(25)23-15-11-16(26-3)13(21)10-17(15)27-4/h6,8-11H,5,7H2,1-4H3,(H,23,25). The lowest BCUT2D eigenvalue weighted by Gasteiger charge is -2.13. The summed E-state index contributed by atoms with van der Waals surface area (Å²) in [6.45, 7) is 4.04. The number of halogens is 1. The van der Waals surface area contributed by atoms with Crippen LogP contribution in [0.2, 0.25) is 5.02 Å². The Kier molecular flexibility index (Phi) is 5.56. The summed E-state index contributed by atoms with van der Waals surface area (Å²) in [5.74, 6) is 0.644. The molecule has 1 N–H and O–H groups in total. The third kappa shape index (κ3) is 3.57. The van der Waals surface area contributed by atoms with Crippen LogP contribution in [0.5, 0.6) is 11.5 Å². The number of nitrogens with one attached hydrogen (secondary N) is 1. The topological polar surface area (TPSA) is 64.9 Å². The van der Waals surface area contributed by atoms with Gasteiger partial charge in [-0.25, -0.2) is 4.98 Å². The van der Waals surface area contributed by atoms with Gasteiger partial charge in [0.2, 0.25) is 0 Å². The SMILES string of the molecule is CCCc1nc2c(C)cccn2c1C(=O)Nc1cc(OC)c(Cl)cc1OC. The molecule has 0 radical (unpaired) electrons. The van der Waals surface area contributed by atoms with Gasteiger partial charge in [0, 0.05) is 18.3 Å². The van der Waals surface area contributed by atoms with Crippen LogP contribution in [-0.4, -0.2) is 29.5 Å². The molecule has 3 rings (SSSR count). The molecule has 0 unspecified atom stereocenters. The van der Waals surface area contributed by atoms with Crippen LogP contribution >= 0.6 is 11.6 Å². The molecule has 1 aromatic carbocycles. The van der Waals surface area contributed by atoms with Crippen molar-refractivity contribution in [1.29, 1.82) is 0 Å². The number of fused-ring (bicyclic) bond motifs is 1. The number of hydrogen-bond acceptors (Lipinski definition) is 4. The lowest BCUT2D eigenvalue weighted by atomic mass is 10.2. The predicted molar refractivity (Wildman–Crippen MR) is 106 cm³/mol. The van der Waals surface area contributed by atoms with Crippen molar-refractivity contribution in [3.8, 4) is 11.5 Å². The van der Waals surface area contributed by atoms with Crippen molar-refractivity contribution in [2.24, 2.45) is 0 Å². The first-order chi connectivity index (χ1) is 13.0. The molecule has 0 aliphatic rings. The monoisotopic (exact) mass is 387 g/mol. The van der Waals surface area contributed by atoms with E-state index in [1.807, 2.05) is 29.7 Å². The summed E-state index contributed by atoms with van der Waals surface area (Å²) in [5, 5.41) is 3.32. The fourth-order valence-corrected chi connectivity index (χ4v) is 3.27. The molecule has 2 heterocycles. The largest absolute Gasteiger partial charge is 0.495 e. The fourth-order valence-electron chi connectivity index (χ4n) is 3.04. The van der Waals surface area contributed by atoms with Crippen LogP contribution in [0.3, 0.4) is 0 Å². The smallest absolute Gasteiger partial charge is 0.274 e. The zero-order valence-corrected chi connectivity index (χ0v) is 16.6. The minimum atomic E-state index is -0.265. The Morgan fingerprint density at radius 2 is 2.00 bits per heavy atom. The number of pyridine rings is 1. The molecule has 6 nitrogen and oxygen atoms in total. The first kappa shape index (κ1) is 19.0. The maximum Gasteiger partial charge on any atom is 0.274 e. The third-order valence-corrected chi connectivity index (χ3v) is 4.64. The number of nitrogens with zero attached hydrogens (tertiary/aromatic N) is 2. The number of rotatable bonds is 6. The molecule has 2 aromatic heterocycles. The van der Waals surface area contributed by atoms with Gasteiger partial charge >= 0.3 is 0 Å². The van der Waals surface area contributed by atoms with Crippen LogP contribution in [0.25, 0.3) is 5.65 Å². The number of aromatic nitrogens is 2. The summed E-state index contributed by atoms with van der Waals surface area (Å²) in [5.41, 5.74) is 3.57. The highest BCUT2D eigenvalue weighted by molar-refractivity contribution is 6.32. The lowest BCUT2D eigenvalue weighted by Crippen LogP contribution is -2.17. The van der Waals surface area contributed by atoms with Crippen LogP contribution in [-0.2, 0) is 6.42 Å². The molecular formula is C20H22ClN3O3. The summed E-state index contributed by atoms with van der Waals surface area (Å²) >= 11 is 6.15. The van der Waals surface area contributed by atoms with Gasteiger partial charge in [0.05, 0.1) is 30.6 Å². The Bertz CT molecular complexity index is 998. The molecule has 7 heteroatoms. The average molecular weight is 388 g/mol. The number of aryl methyl sites for hydroxylation is 2. The van der Waals surface area contributed by atoms with E-state index in [4.69, 9.17) is 21.1 Å². The molecular weight excluding hydrogens is 366 g/mol. The molecule has 0 fully saturated rings. The lowest BCUT2D eigenvalue weighted by molar-refractivity contribution is 0.102. The maximum absolute atomic E-state index is 13.1. The van der Waals surface area contributed by atoms with Gasteiger partial charge < -0.3 is 14.8 Å². The van der Waals surface area contributed by atoms with Crippen LogP contribution in [0.15, 0.2) is 30.5 Å². The zero-order chi connectivity index (χ0) is 19.6. The van der Waals surface area contributed by atoms with Crippen molar-refractivity contribution in [2.75, 3.05) is 19.5 Å². The first-order valence-electron chi connectivity index (χ1n) is 8.69. The van der Waals surface area contributed by atoms with E-state index >= 15 is 0 Å². The van der Waals surface area contributed by atoms with Crippen LogP contribution in [0, 0.1) is 6.92 Å². The molecule has 1 amide bonds. The third-order valence-electron chi connectivity index (χ3n) is 4.34. The van der Waals surface area contributed by atoms with E-state index in [9.17, 15) is 4.79 Å². The van der Waals surface area contributed by atoms with Gasteiger partial charge in [-0.05, 0) is 25.0 Å². The van der Waals surface area contributed by atoms with Crippen molar-refractivity contribution < 1.29 is 14.3 Å². The highest BCUT2D eigenvalue weighted by Gasteiger charge is 2.21. The zero-order valence-electron chi connectivity index (χ0n) is 15.8. The number of carbonyl (C=O) groups excluding carboxylic acids is 1. The van der Waals surface area contributed by atoms with E-state index in [2.05, 4.69) is 17.2 Å². The summed E-state index contributed by atoms with van der Waals surface area (Å²) in [7, 11) is 3.04. The minimum absolute atomic E-state index is 0.265. The molecule has 0 aliphatic heterocycles. The maximum atomic E-state index is 13.1. The number of hydrogen-bond donors (Lipinski definition) is 1. The minimum Gasteiger partial charge on any atom is -0.495 e. The molecule has 0 saturated carbocycles. The normalized spacial score (nSPS) is 10.9. The van der Waals surface area contributed by atoms with E-state index in [1.165, 1.54) is 14.2 Å². The Morgan fingerprint density at radius 1 is 1.26 bits per heavy atom. The number of ether oxygens (including phenoxy) is 2. The summed E-state index contributed by atoms with van der Waals surface area (Å²) in [4.78, 5) is 17.8. The average Bonchev–Trinajstić information content (AvgIpc) is 3.02. The number of imidazole rings is 1. The molecule has 0 bridgehead atoms. The van der Waals surface area contributed by atoms with Gasteiger partial charge in [0.25, 0.3) is 5.91 Å². The second-order valence-corrected chi connectivity index (χ2v) is 6.59. The van der Waals surface area contributed by atoms with Gasteiger partial charge in [-0.3, -0.25) is 9.20 Å². The van der Waals surface area contributed by atoms with Crippen molar-refractivity contribution in [3.63, 3.8) is 0 Å². The van der Waals surface area contributed by atoms with E-state index in [0.29, 0.717) is 34.3 Å². The van der Waals surface area contributed by atoms with E-state index in [-0.39, 0.29) is 5.91 Å². The van der Waals surface area contributed by atoms with Crippen molar-refractivity contribution in [3.05, 3.63) is 52.4 Å². The summed E-state index contributed by atoms with van der Waals surface area (Å²) in [6.07, 6.45) is 3.45. The van der Waals surface area contributed by atoms with Gasteiger partial charge in [0.1, 0.15) is 22.8 Å². The van der Waals surface area contributed by atoms with Crippen LogP contribution < -0.4 is 14.8 Å². The first-order valence-corrected chi connectivity index (χ1v) is 9.07. The highest BCUT2D eigenvalue weighted by atomic mass is 35.5. The van der Waals surface area contributed by atoms with Crippen LogP contribution in [0.1, 0.15) is 35.1 Å². The number of carbonyl (C=O) groups is 1. The van der Waals surface area contributed by atoms with Crippen molar-refractivity contribution in [2.45, 2.75) is 26.7 Å². The fraction of sp³-hybridized carbons (Fsp3) is 0.300. The van der Waals surface area contributed by atoms with E-state index < -0.39 is 0 Å². The summed E-state index contributed by atoms with van der Waals surface area (Å²) < 4.78 is 12.4. The second-order valence-electron chi connectivity index (χ2n) is 6.18. The Morgan fingerprint density at radius 3 is 2.67 bits per heavy atom. The van der Waals surface area contributed by atoms with E-state index in [1.54, 1.807) is 12.1 Å². The number of amides is 1. The molecule has 0 saturated heterocycles. The van der Waals surface area contributed by atoms with Crippen molar-refractivity contribution in [1.82, 2.24) is 9.38 Å². The highest BCUT2D eigenvalue weighted by Crippen LogP contribution is 2.36. The Balaban J connectivity index is 2.07. The van der Waals surface area contributed by atoms with Gasteiger partial charge in [-0.1, -0.05) is 31.0 Å². The second kappa shape index (κ2) is 7.88. The molecule has 0 aliphatic carbocycles. The molecule has 27 heavy (non-hydrogen) atoms. The van der Waals surface area contributed by atoms with E-state index in [0.717, 1.165) is 23.3 Å². The summed E-state index contributed by atoms with van der Waals surface area (Å²) in [6, 6.07) is 7.14. The Labute approximate surface area is 163 Å². The molecule has 3 aromatic rings. The predicted octanol–water partition coefficient (Wildman–Crippen LogP) is 4.52.